The number of aromatic nitrogens is 4. The molecule has 3 aromatic rings. The number of nitrogens with one attached hydrogen (secondary N) is 1. The lowest BCUT2D eigenvalue weighted by Crippen LogP contribution is -2.34. The Balaban J connectivity index is 1.93. The van der Waals surface area contributed by atoms with E-state index in [0.29, 0.717) is 16.6 Å². The minimum absolute atomic E-state index is 0.229. The molecular weight excluding hydrogens is 324 g/mol. The van der Waals surface area contributed by atoms with Gasteiger partial charge < -0.3 is 9.72 Å². The van der Waals surface area contributed by atoms with E-state index >= 15 is 0 Å². The molecule has 25 heavy (non-hydrogen) atoms. The number of ether oxygens (including phenoxy) is 1. The molecule has 0 aliphatic heterocycles. The maximum absolute atomic E-state index is 12.3. The van der Waals surface area contributed by atoms with Crippen LogP contribution in [0.2, 0.25) is 0 Å². The summed E-state index contributed by atoms with van der Waals surface area (Å²) in [5.74, 6) is -0.583. The number of aromatic amines is 1. The number of carbonyl (C=O) groups excluding carboxylic acids is 1. The summed E-state index contributed by atoms with van der Waals surface area (Å²) >= 11 is 0. The molecule has 0 fully saturated rings. The molecule has 0 saturated carbocycles. The first kappa shape index (κ1) is 16.6. The largest absolute Gasteiger partial charge is 0.452 e. The fourth-order valence-electron chi connectivity index (χ4n) is 2.48. The average molecular weight is 340 g/mol. The number of benzene rings is 1. The van der Waals surface area contributed by atoms with Crippen LogP contribution in [-0.4, -0.2) is 25.5 Å². The normalized spacial score (nSPS) is 12.1. The van der Waals surface area contributed by atoms with E-state index in [9.17, 15) is 14.4 Å². The van der Waals surface area contributed by atoms with Crippen molar-refractivity contribution in [3.05, 3.63) is 68.9 Å². The lowest BCUT2D eigenvalue weighted by atomic mass is 10.1. The van der Waals surface area contributed by atoms with Crippen molar-refractivity contribution in [2.75, 3.05) is 0 Å². The van der Waals surface area contributed by atoms with E-state index < -0.39 is 23.3 Å². The summed E-state index contributed by atoms with van der Waals surface area (Å²) in [6, 6.07) is 4.43. The first-order valence-electron chi connectivity index (χ1n) is 7.75. The predicted molar refractivity (Wildman–Crippen MR) is 90.4 cm³/mol. The zero-order valence-corrected chi connectivity index (χ0v) is 13.7. The highest BCUT2D eigenvalue weighted by molar-refractivity contribution is 5.94. The second-order valence-corrected chi connectivity index (χ2v) is 5.42. The van der Waals surface area contributed by atoms with Crippen LogP contribution in [0.5, 0.6) is 0 Å². The topological polar surface area (TPSA) is 107 Å². The highest BCUT2D eigenvalue weighted by atomic mass is 16.5. The first-order valence-corrected chi connectivity index (χ1v) is 7.75. The van der Waals surface area contributed by atoms with Gasteiger partial charge in [-0.25, -0.2) is 9.59 Å². The molecular formula is C17H16N4O4. The molecule has 0 aliphatic carbocycles. The van der Waals surface area contributed by atoms with Crippen molar-refractivity contribution in [2.45, 2.75) is 26.5 Å². The second-order valence-electron chi connectivity index (χ2n) is 5.42. The minimum Gasteiger partial charge on any atom is -0.452 e. The fraction of sp³-hybridized carbons (Fsp3) is 0.235. The Morgan fingerprint density at radius 1 is 1.32 bits per heavy atom. The number of carbonyl (C=O) groups is 1. The average Bonchev–Trinajstić information content (AvgIpc) is 2.62. The van der Waals surface area contributed by atoms with Gasteiger partial charge in [-0.1, -0.05) is 0 Å². The van der Waals surface area contributed by atoms with Gasteiger partial charge in [0.05, 0.1) is 28.4 Å². The highest BCUT2D eigenvalue weighted by Crippen LogP contribution is 2.17. The summed E-state index contributed by atoms with van der Waals surface area (Å²) in [4.78, 5) is 47.1. The molecule has 0 spiro atoms. The van der Waals surface area contributed by atoms with E-state index in [-0.39, 0.29) is 12.1 Å². The maximum Gasteiger partial charge on any atom is 0.338 e. The summed E-state index contributed by atoms with van der Waals surface area (Å²) < 4.78 is 6.45. The summed E-state index contributed by atoms with van der Waals surface area (Å²) in [5.41, 5.74) is 0.136. The summed E-state index contributed by atoms with van der Waals surface area (Å²) in [5, 5.41) is 0.333. The van der Waals surface area contributed by atoms with Crippen LogP contribution in [0.25, 0.3) is 10.9 Å². The molecule has 1 atom stereocenters. The SMILES string of the molecule is CCn1c(=O)[nH]c2cc(C(=O)OC(C)c3cnccn3)ccc2c1=O. The van der Waals surface area contributed by atoms with E-state index in [4.69, 9.17) is 4.74 Å². The molecule has 1 unspecified atom stereocenters. The third-order valence-corrected chi connectivity index (χ3v) is 3.82. The van der Waals surface area contributed by atoms with Gasteiger partial charge >= 0.3 is 11.7 Å². The molecule has 8 heteroatoms. The first-order chi connectivity index (χ1) is 12.0. The molecule has 0 radical (unpaired) electrons. The molecule has 3 rings (SSSR count). The lowest BCUT2D eigenvalue weighted by molar-refractivity contribution is 0.0328. The van der Waals surface area contributed by atoms with Crippen LogP contribution in [-0.2, 0) is 11.3 Å². The van der Waals surface area contributed by atoms with Crippen LogP contribution < -0.4 is 11.2 Å². The Labute approximate surface area is 142 Å². The smallest absolute Gasteiger partial charge is 0.338 e. The van der Waals surface area contributed by atoms with Crippen LogP contribution in [0.15, 0.2) is 46.4 Å². The summed E-state index contributed by atoms with van der Waals surface area (Å²) in [7, 11) is 0. The standard InChI is InChI=1S/C17H16N4O4/c1-3-21-15(22)12-5-4-11(8-13(12)20-17(21)24)16(23)25-10(2)14-9-18-6-7-19-14/h4-10H,3H2,1-2H3,(H,20,24). The quantitative estimate of drug-likeness (QED) is 0.720. The number of hydrogen-bond acceptors (Lipinski definition) is 6. The van der Waals surface area contributed by atoms with Gasteiger partial charge in [-0.15, -0.1) is 0 Å². The molecule has 1 aromatic carbocycles. The van der Waals surface area contributed by atoms with Gasteiger partial charge in [-0.3, -0.25) is 19.3 Å². The number of H-pyrrole nitrogens is 1. The van der Waals surface area contributed by atoms with Gasteiger partial charge in [0.25, 0.3) is 5.56 Å². The van der Waals surface area contributed by atoms with E-state index in [1.807, 2.05) is 0 Å². The number of nitrogens with zero attached hydrogens (tertiary/aromatic N) is 3. The molecule has 0 amide bonds. The fourth-order valence-corrected chi connectivity index (χ4v) is 2.48. The number of rotatable bonds is 4. The Kier molecular flexibility index (Phi) is 4.42. The number of hydrogen-bond donors (Lipinski definition) is 1. The van der Waals surface area contributed by atoms with Crippen molar-refractivity contribution in [3.8, 4) is 0 Å². The van der Waals surface area contributed by atoms with Crippen molar-refractivity contribution >= 4 is 16.9 Å². The van der Waals surface area contributed by atoms with Gasteiger partial charge in [0, 0.05) is 18.9 Å². The van der Waals surface area contributed by atoms with Crippen molar-refractivity contribution in [1.29, 1.82) is 0 Å². The third kappa shape index (κ3) is 3.18. The molecule has 128 valence electrons. The van der Waals surface area contributed by atoms with E-state index in [1.165, 1.54) is 36.8 Å². The van der Waals surface area contributed by atoms with Gasteiger partial charge in [-0.05, 0) is 32.0 Å². The van der Waals surface area contributed by atoms with Crippen molar-refractivity contribution in [3.63, 3.8) is 0 Å². The molecule has 8 nitrogen and oxygen atoms in total. The Morgan fingerprint density at radius 3 is 2.80 bits per heavy atom. The Hall–Kier alpha value is -3.29. The maximum atomic E-state index is 12.3. The van der Waals surface area contributed by atoms with Crippen LogP contribution in [0.3, 0.4) is 0 Å². The molecule has 0 saturated heterocycles. The Bertz CT molecular complexity index is 1040. The van der Waals surface area contributed by atoms with Crippen LogP contribution in [0, 0.1) is 0 Å². The number of esters is 1. The van der Waals surface area contributed by atoms with E-state index in [0.717, 1.165) is 4.57 Å². The minimum atomic E-state index is -0.583. The lowest BCUT2D eigenvalue weighted by Gasteiger charge is -2.12. The molecule has 2 aromatic heterocycles. The predicted octanol–water partition coefficient (Wildman–Crippen LogP) is 1.42. The number of fused-ring (bicyclic) bond motifs is 1. The molecule has 2 heterocycles. The third-order valence-electron chi connectivity index (χ3n) is 3.82. The van der Waals surface area contributed by atoms with Crippen molar-refractivity contribution in [1.82, 2.24) is 19.5 Å². The summed E-state index contributed by atoms with van der Waals surface area (Å²) in [6.45, 7) is 3.66. The second kappa shape index (κ2) is 6.68. The Morgan fingerprint density at radius 2 is 2.12 bits per heavy atom. The van der Waals surface area contributed by atoms with Crippen molar-refractivity contribution in [2.24, 2.45) is 0 Å². The highest BCUT2D eigenvalue weighted by Gasteiger charge is 2.16. The molecule has 1 N–H and O–H groups in total. The van der Waals surface area contributed by atoms with Crippen LogP contribution in [0.1, 0.15) is 36.0 Å². The van der Waals surface area contributed by atoms with Crippen molar-refractivity contribution < 1.29 is 9.53 Å². The van der Waals surface area contributed by atoms with Crippen LogP contribution >= 0.6 is 0 Å². The zero-order valence-electron chi connectivity index (χ0n) is 13.7. The van der Waals surface area contributed by atoms with Crippen LogP contribution in [0.4, 0.5) is 0 Å². The van der Waals surface area contributed by atoms with Gasteiger partial charge in [-0.2, -0.15) is 0 Å². The van der Waals surface area contributed by atoms with Gasteiger partial charge in [0.2, 0.25) is 0 Å². The summed E-state index contributed by atoms with van der Waals surface area (Å²) in [6.07, 6.45) is 3.98. The zero-order chi connectivity index (χ0) is 18.0. The van der Waals surface area contributed by atoms with E-state index in [2.05, 4.69) is 15.0 Å². The monoisotopic (exact) mass is 340 g/mol. The van der Waals surface area contributed by atoms with E-state index in [1.54, 1.807) is 13.8 Å². The molecule has 0 aliphatic rings. The molecule has 0 bridgehead atoms. The van der Waals surface area contributed by atoms with Gasteiger partial charge in [0.15, 0.2) is 0 Å². The van der Waals surface area contributed by atoms with Gasteiger partial charge in [0.1, 0.15) is 6.10 Å².